The first-order valence-electron chi connectivity index (χ1n) is 7.01. The highest BCUT2D eigenvalue weighted by atomic mass is 32.2. The van der Waals surface area contributed by atoms with E-state index in [9.17, 15) is 4.79 Å². The fourth-order valence-electron chi connectivity index (χ4n) is 1.77. The SMILES string of the molecule is CCCCSC(C)C(=O)Nc1nc2ccc(OC)cc2s1. The molecule has 0 saturated heterocycles. The molecule has 0 bridgehead atoms. The minimum atomic E-state index is -0.0573. The molecule has 1 aromatic carbocycles. The predicted molar refractivity (Wildman–Crippen MR) is 91.6 cm³/mol. The van der Waals surface area contributed by atoms with Crippen LogP contribution < -0.4 is 10.1 Å². The van der Waals surface area contributed by atoms with Crippen LogP contribution in [0.25, 0.3) is 10.2 Å². The highest BCUT2D eigenvalue weighted by molar-refractivity contribution is 8.00. The predicted octanol–water partition coefficient (Wildman–Crippen LogP) is 4.17. The lowest BCUT2D eigenvalue weighted by molar-refractivity contribution is -0.115. The van der Waals surface area contributed by atoms with Crippen LogP contribution in [0.4, 0.5) is 5.13 Å². The Balaban J connectivity index is 2.00. The van der Waals surface area contributed by atoms with Crippen LogP contribution in [0.2, 0.25) is 0 Å². The molecule has 0 aliphatic heterocycles. The normalized spacial score (nSPS) is 12.3. The van der Waals surface area contributed by atoms with E-state index < -0.39 is 0 Å². The molecule has 21 heavy (non-hydrogen) atoms. The average Bonchev–Trinajstić information content (AvgIpc) is 2.88. The van der Waals surface area contributed by atoms with Gasteiger partial charge in [0.2, 0.25) is 5.91 Å². The quantitative estimate of drug-likeness (QED) is 0.777. The van der Waals surface area contributed by atoms with E-state index in [4.69, 9.17) is 4.74 Å². The summed E-state index contributed by atoms with van der Waals surface area (Å²) in [6.07, 6.45) is 2.30. The largest absolute Gasteiger partial charge is 0.497 e. The van der Waals surface area contributed by atoms with E-state index in [1.807, 2.05) is 25.1 Å². The molecule has 4 nitrogen and oxygen atoms in total. The number of thioether (sulfide) groups is 1. The minimum absolute atomic E-state index is 0.0159. The van der Waals surface area contributed by atoms with E-state index in [0.29, 0.717) is 5.13 Å². The van der Waals surface area contributed by atoms with E-state index in [-0.39, 0.29) is 11.2 Å². The standard InChI is InChI=1S/C15H20N2O2S2/c1-4-5-8-20-10(2)14(18)17-15-16-12-7-6-11(19-3)9-13(12)21-15/h6-7,9-10H,4-5,8H2,1-3H3,(H,16,17,18). The summed E-state index contributed by atoms with van der Waals surface area (Å²) < 4.78 is 6.20. The molecule has 2 rings (SSSR count). The Morgan fingerprint density at radius 1 is 1.52 bits per heavy atom. The molecule has 2 aromatic rings. The molecular formula is C15H20N2O2S2. The van der Waals surface area contributed by atoms with Gasteiger partial charge in [0.1, 0.15) is 5.75 Å². The van der Waals surface area contributed by atoms with Gasteiger partial charge in [-0.15, -0.1) is 11.8 Å². The van der Waals surface area contributed by atoms with Gasteiger partial charge in [-0.05, 0) is 37.3 Å². The van der Waals surface area contributed by atoms with E-state index >= 15 is 0 Å². The average molecular weight is 324 g/mol. The molecule has 1 heterocycles. The topological polar surface area (TPSA) is 51.2 Å². The molecule has 0 saturated carbocycles. The third kappa shape index (κ3) is 4.35. The maximum atomic E-state index is 12.1. The zero-order valence-electron chi connectivity index (χ0n) is 12.5. The highest BCUT2D eigenvalue weighted by Gasteiger charge is 2.15. The third-order valence-corrected chi connectivity index (χ3v) is 5.23. The van der Waals surface area contributed by atoms with Crippen molar-refractivity contribution in [1.82, 2.24) is 4.98 Å². The van der Waals surface area contributed by atoms with Crippen LogP contribution >= 0.6 is 23.1 Å². The van der Waals surface area contributed by atoms with Crippen molar-refractivity contribution in [3.63, 3.8) is 0 Å². The molecule has 114 valence electrons. The number of rotatable bonds is 7. The second kappa shape index (κ2) is 7.66. The maximum absolute atomic E-state index is 12.1. The Bertz CT molecular complexity index is 613. The molecule has 0 fully saturated rings. The Hall–Kier alpha value is -1.27. The molecule has 1 atom stereocenters. The van der Waals surface area contributed by atoms with Crippen LogP contribution in [0.15, 0.2) is 18.2 Å². The Morgan fingerprint density at radius 2 is 2.33 bits per heavy atom. The van der Waals surface area contributed by atoms with Gasteiger partial charge in [0.05, 0.1) is 22.6 Å². The number of methoxy groups -OCH3 is 1. The maximum Gasteiger partial charge on any atom is 0.238 e. The van der Waals surface area contributed by atoms with Crippen molar-refractivity contribution in [2.75, 3.05) is 18.2 Å². The number of thiazole rings is 1. The Kier molecular flexibility index (Phi) is 5.87. The summed E-state index contributed by atoms with van der Waals surface area (Å²) in [5, 5.41) is 3.49. The lowest BCUT2D eigenvalue weighted by atomic mass is 10.3. The van der Waals surface area contributed by atoms with E-state index in [0.717, 1.165) is 34.6 Å². The van der Waals surface area contributed by atoms with Crippen LogP contribution in [-0.2, 0) is 4.79 Å². The van der Waals surface area contributed by atoms with Crippen LogP contribution in [-0.4, -0.2) is 29.0 Å². The van der Waals surface area contributed by atoms with Gasteiger partial charge in [-0.2, -0.15) is 0 Å². The summed E-state index contributed by atoms with van der Waals surface area (Å²) >= 11 is 3.15. The van der Waals surface area contributed by atoms with Crippen molar-refractivity contribution in [2.45, 2.75) is 31.9 Å². The van der Waals surface area contributed by atoms with Gasteiger partial charge in [-0.25, -0.2) is 4.98 Å². The summed E-state index contributed by atoms with van der Waals surface area (Å²) in [5.74, 6) is 1.83. The summed E-state index contributed by atoms with van der Waals surface area (Å²) in [6, 6.07) is 5.71. The number of carbonyl (C=O) groups excluding carboxylic acids is 1. The van der Waals surface area contributed by atoms with Crippen molar-refractivity contribution in [2.24, 2.45) is 0 Å². The molecule has 1 N–H and O–H groups in total. The van der Waals surface area contributed by atoms with E-state index in [2.05, 4.69) is 17.2 Å². The molecule has 1 amide bonds. The first-order chi connectivity index (χ1) is 10.1. The summed E-state index contributed by atoms with van der Waals surface area (Å²) in [7, 11) is 1.64. The third-order valence-electron chi connectivity index (χ3n) is 3.06. The molecule has 0 spiro atoms. The fourth-order valence-corrected chi connectivity index (χ4v) is 3.69. The lowest BCUT2D eigenvalue weighted by Gasteiger charge is -2.09. The number of carbonyl (C=O) groups is 1. The number of anilines is 1. The lowest BCUT2D eigenvalue weighted by Crippen LogP contribution is -2.22. The second-order valence-electron chi connectivity index (χ2n) is 4.71. The van der Waals surface area contributed by atoms with Crippen LogP contribution in [0.5, 0.6) is 5.75 Å². The minimum Gasteiger partial charge on any atom is -0.497 e. The Morgan fingerprint density at radius 3 is 3.05 bits per heavy atom. The number of amides is 1. The summed E-state index contributed by atoms with van der Waals surface area (Å²) in [6.45, 7) is 4.09. The fraction of sp³-hybridized carbons (Fsp3) is 0.467. The number of nitrogens with one attached hydrogen (secondary N) is 1. The van der Waals surface area contributed by atoms with Gasteiger partial charge >= 0.3 is 0 Å². The molecule has 0 aliphatic rings. The number of ether oxygens (including phenoxy) is 1. The van der Waals surface area contributed by atoms with Crippen molar-refractivity contribution < 1.29 is 9.53 Å². The van der Waals surface area contributed by atoms with Crippen LogP contribution in [0.1, 0.15) is 26.7 Å². The highest BCUT2D eigenvalue weighted by Crippen LogP contribution is 2.29. The second-order valence-corrected chi connectivity index (χ2v) is 7.19. The van der Waals surface area contributed by atoms with Crippen molar-refractivity contribution in [3.05, 3.63) is 18.2 Å². The number of unbranched alkanes of at least 4 members (excludes halogenated alkanes) is 1. The Labute approximate surface area is 133 Å². The number of hydrogen-bond donors (Lipinski definition) is 1. The number of hydrogen-bond acceptors (Lipinski definition) is 5. The molecule has 6 heteroatoms. The number of fused-ring (bicyclic) bond motifs is 1. The molecule has 1 unspecified atom stereocenters. The van der Waals surface area contributed by atoms with E-state index in [1.165, 1.54) is 11.3 Å². The van der Waals surface area contributed by atoms with Gasteiger partial charge in [-0.3, -0.25) is 4.79 Å². The van der Waals surface area contributed by atoms with E-state index in [1.54, 1.807) is 18.9 Å². The smallest absolute Gasteiger partial charge is 0.238 e. The summed E-state index contributed by atoms with van der Waals surface area (Å²) in [5.41, 5.74) is 0.877. The number of aromatic nitrogens is 1. The van der Waals surface area contributed by atoms with Crippen LogP contribution in [0.3, 0.4) is 0 Å². The zero-order chi connectivity index (χ0) is 15.2. The van der Waals surface area contributed by atoms with Gasteiger partial charge in [0, 0.05) is 0 Å². The van der Waals surface area contributed by atoms with Gasteiger partial charge in [-0.1, -0.05) is 24.7 Å². The van der Waals surface area contributed by atoms with Gasteiger partial charge < -0.3 is 10.1 Å². The zero-order valence-corrected chi connectivity index (χ0v) is 14.1. The van der Waals surface area contributed by atoms with Crippen LogP contribution in [0, 0.1) is 0 Å². The molecule has 0 radical (unpaired) electrons. The first kappa shape index (κ1) is 16.1. The summed E-state index contributed by atoms with van der Waals surface area (Å²) in [4.78, 5) is 16.5. The molecular weight excluding hydrogens is 304 g/mol. The number of nitrogens with zero attached hydrogens (tertiary/aromatic N) is 1. The van der Waals surface area contributed by atoms with Gasteiger partial charge in [0.25, 0.3) is 0 Å². The van der Waals surface area contributed by atoms with Crippen molar-refractivity contribution in [3.8, 4) is 5.75 Å². The molecule has 0 aliphatic carbocycles. The first-order valence-corrected chi connectivity index (χ1v) is 8.87. The van der Waals surface area contributed by atoms with Crippen molar-refractivity contribution in [1.29, 1.82) is 0 Å². The van der Waals surface area contributed by atoms with Gasteiger partial charge in [0.15, 0.2) is 5.13 Å². The molecule has 1 aromatic heterocycles. The monoisotopic (exact) mass is 324 g/mol. The van der Waals surface area contributed by atoms with Crippen molar-refractivity contribution >= 4 is 44.4 Å². The number of benzene rings is 1.